The fourth-order valence-corrected chi connectivity index (χ4v) is 9.08. The molecule has 0 radical (unpaired) electrons. The monoisotopic (exact) mass is 424 g/mol. The Balaban J connectivity index is 1.49. The summed E-state index contributed by atoms with van der Waals surface area (Å²) >= 11 is 0. The van der Waals surface area contributed by atoms with Gasteiger partial charge in [0.25, 0.3) is 0 Å². The average Bonchev–Trinajstić information content (AvgIpc) is 3.39. The zero-order chi connectivity index (χ0) is 21.6. The van der Waals surface area contributed by atoms with Gasteiger partial charge in [-0.05, 0) is 93.1 Å². The number of aliphatic hydroxyl groups is 1. The van der Waals surface area contributed by atoms with Crippen LogP contribution in [-0.2, 0) is 9.53 Å². The summed E-state index contributed by atoms with van der Waals surface area (Å²) in [6, 6.07) is 2.21. The van der Waals surface area contributed by atoms with Crippen molar-refractivity contribution < 1.29 is 19.1 Å². The van der Waals surface area contributed by atoms with Gasteiger partial charge < -0.3 is 14.3 Å². The van der Waals surface area contributed by atoms with Crippen LogP contribution in [0.3, 0.4) is 0 Å². The third-order valence-corrected chi connectivity index (χ3v) is 10.5. The number of esters is 1. The second kappa shape index (κ2) is 6.50. The first-order valence-corrected chi connectivity index (χ1v) is 12.4. The Morgan fingerprint density at radius 3 is 2.74 bits per heavy atom. The van der Waals surface area contributed by atoms with Gasteiger partial charge >= 0.3 is 5.97 Å². The normalized spacial score (nSPS) is 48.7. The number of furan rings is 1. The first-order valence-electron chi connectivity index (χ1n) is 12.4. The molecule has 0 unspecified atom stereocenters. The molecule has 4 fully saturated rings. The number of ether oxygens (including phenoxy) is 1. The lowest BCUT2D eigenvalue weighted by Gasteiger charge is -2.62. The van der Waals surface area contributed by atoms with E-state index in [4.69, 9.17) is 9.15 Å². The second-order valence-electron chi connectivity index (χ2n) is 11.8. The minimum absolute atomic E-state index is 0.0511. The maximum Gasteiger partial charge on any atom is 0.306 e. The lowest BCUT2D eigenvalue weighted by Crippen LogP contribution is -2.61. The van der Waals surface area contributed by atoms with Crippen LogP contribution in [0.4, 0.5) is 0 Å². The van der Waals surface area contributed by atoms with E-state index in [9.17, 15) is 9.90 Å². The van der Waals surface area contributed by atoms with Gasteiger partial charge in [0.2, 0.25) is 0 Å². The van der Waals surface area contributed by atoms with Crippen molar-refractivity contribution in [3.63, 3.8) is 0 Å². The van der Waals surface area contributed by atoms with E-state index in [1.54, 1.807) is 5.57 Å². The van der Waals surface area contributed by atoms with Crippen LogP contribution in [-0.4, -0.2) is 22.8 Å². The molecule has 2 heterocycles. The van der Waals surface area contributed by atoms with Crippen LogP contribution in [0.25, 0.3) is 0 Å². The average molecular weight is 425 g/mol. The van der Waals surface area contributed by atoms with E-state index in [2.05, 4.69) is 32.9 Å². The number of hydrogen-bond donors (Lipinski definition) is 1. The van der Waals surface area contributed by atoms with E-state index in [-0.39, 0.29) is 34.4 Å². The van der Waals surface area contributed by atoms with Crippen molar-refractivity contribution in [2.75, 3.05) is 0 Å². The molecule has 0 aromatic carbocycles. The molecule has 4 nitrogen and oxygen atoms in total. The van der Waals surface area contributed by atoms with Gasteiger partial charge in [0.15, 0.2) is 0 Å². The van der Waals surface area contributed by atoms with Crippen LogP contribution < -0.4 is 0 Å². The first-order chi connectivity index (χ1) is 14.8. The van der Waals surface area contributed by atoms with Crippen molar-refractivity contribution in [3.8, 4) is 0 Å². The van der Waals surface area contributed by atoms with Crippen LogP contribution in [0.1, 0.15) is 88.9 Å². The van der Waals surface area contributed by atoms with Crippen molar-refractivity contribution in [2.24, 2.45) is 28.6 Å². The minimum Gasteiger partial charge on any atom is -0.469 e. The third-order valence-electron chi connectivity index (χ3n) is 10.5. The van der Waals surface area contributed by atoms with Gasteiger partial charge in [-0.1, -0.05) is 25.5 Å². The molecule has 1 spiro atoms. The Bertz CT molecular complexity index is 945. The van der Waals surface area contributed by atoms with E-state index in [1.165, 1.54) is 18.4 Å². The Morgan fingerprint density at radius 1 is 1.19 bits per heavy atom. The molecule has 3 saturated carbocycles. The van der Waals surface area contributed by atoms with Gasteiger partial charge in [-0.25, -0.2) is 0 Å². The van der Waals surface area contributed by atoms with E-state index in [0.29, 0.717) is 24.2 Å². The number of aliphatic hydroxyl groups excluding tert-OH is 1. The van der Waals surface area contributed by atoms with Gasteiger partial charge in [-0.15, -0.1) is 0 Å². The predicted molar refractivity (Wildman–Crippen MR) is 117 cm³/mol. The summed E-state index contributed by atoms with van der Waals surface area (Å²) in [7, 11) is 0. The molecular weight excluding hydrogens is 388 g/mol. The van der Waals surface area contributed by atoms with Gasteiger partial charge in [-0.2, -0.15) is 0 Å². The number of aryl methyl sites for hydroxylation is 1. The topological polar surface area (TPSA) is 59.7 Å². The van der Waals surface area contributed by atoms with Crippen LogP contribution in [0.2, 0.25) is 0 Å². The van der Waals surface area contributed by atoms with Crippen molar-refractivity contribution in [1.82, 2.24) is 0 Å². The summed E-state index contributed by atoms with van der Waals surface area (Å²) in [6.07, 6.45) is 12.7. The lowest BCUT2D eigenvalue weighted by atomic mass is 9.43. The van der Waals surface area contributed by atoms with E-state index < -0.39 is 0 Å². The Hall–Kier alpha value is -1.55. The van der Waals surface area contributed by atoms with E-state index >= 15 is 0 Å². The molecule has 1 saturated heterocycles. The molecule has 8 atom stereocenters. The Morgan fingerprint density at radius 2 is 2.03 bits per heavy atom. The fourth-order valence-electron chi connectivity index (χ4n) is 9.08. The summed E-state index contributed by atoms with van der Waals surface area (Å²) < 4.78 is 12.2. The fraction of sp³-hybridized carbons (Fsp3) is 0.741. The maximum atomic E-state index is 12.2. The molecule has 4 aliphatic carbocycles. The molecule has 0 amide bonds. The molecule has 1 aromatic heterocycles. The highest BCUT2D eigenvalue weighted by atomic mass is 16.6. The third kappa shape index (κ3) is 2.54. The smallest absolute Gasteiger partial charge is 0.306 e. The molecule has 4 heteroatoms. The highest BCUT2D eigenvalue weighted by Crippen LogP contribution is 2.71. The van der Waals surface area contributed by atoms with Crippen molar-refractivity contribution in [2.45, 2.75) is 96.2 Å². The van der Waals surface area contributed by atoms with Crippen molar-refractivity contribution >= 4 is 5.97 Å². The SMILES string of the molecule is Cc1coc([C@@H]2CC3=CCCC[C@]3(C)[C@@H]3[C@@H]2[C@@H]2CC[C@@]4(CCC(=O)O4)[C@@]2(C)C[C@H]3O)c1. The second-order valence-corrected chi connectivity index (χ2v) is 11.8. The molecular formula is C27H36O4. The predicted octanol–water partition coefficient (Wildman–Crippen LogP) is 5.68. The number of fused-ring (bicyclic) bond motifs is 6. The van der Waals surface area contributed by atoms with Crippen LogP contribution in [0.5, 0.6) is 0 Å². The van der Waals surface area contributed by atoms with Crippen LogP contribution in [0, 0.1) is 35.5 Å². The number of hydrogen-bond acceptors (Lipinski definition) is 4. The Labute approximate surface area is 185 Å². The maximum absolute atomic E-state index is 12.2. The minimum atomic E-state index is -0.381. The number of carbonyl (C=O) groups excluding carboxylic acids is 1. The molecule has 1 N–H and O–H groups in total. The highest BCUT2D eigenvalue weighted by Gasteiger charge is 2.70. The number of rotatable bonds is 1. The molecule has 1 aliphatic heterocycles. The zero-order valence-electron chi connectivity index (χ0n) is 19.2. The summed E-state index contributed by atoms with van der Waals surface area (Å²) in [5.74, 6) is 2.38. The number of carbonyl (C=O) groups is 1. The van der Waals surface area contributed by atoms with E-state index in [1.807, 2.05) is 6.26 Å². The molecule has 0 bridgehead atoms. The lowest BCUT2D eigenvalue weighted by molar-refractivity contribution is -0.188. The highest BCUT2D eigenvalue weighted by molar-refractivity contribution is 5.72. The molecule has 6 rings (SSSR count). The molecule has 5 aliphatic rings. The van der Waals surface area contributed by atoms with Crippen molar-refractivity contribution in [3.05, 3.63) is 35.3 Å². The summed E-state index contributed by atoms with van der Waals surface area (Å²) in [5, 5.41) is 11.8. The molecule has 1 aromatic rings. The van der Waals surface area contributed by atoms with Gasteiger partial charge in [0.1, 0.15) is 11.4 Å². The van der Waals surface area contributed by atoms with Crippen LogP contribution in [0.15, 0.2) is 28.4 Å². The Kier molecular flexibility index (Phi) is 4.21. The summed E-state index contributed by atoms with van der Waals surface area (Å²) in [5.41, 5.74) is 2.25. The van der Waals surface area contributed by atoms with Gasteiger partial charge in [-0.3, -0.25) is 4.79 Å². The standard InChI is InChI=1S/C27H36O4/c1-16-12-21(30-15-16)18-13-17-6-4-5-9-25(17,2)24-20(28)14-26(3)19(23(18)24)7-10-27(26)11-8-22(29)31-27/h6,12,15,18-20,23-24,28H,4-5,7-11,13-14H2,1-3H3/t18-,19-,20+,23-,24-,25-,26-,27+/m0/s1. The van der Waals surface area contributed by atoms with Gasteiger partial charge in [0, 0.05) is 17.8 Å². The molecule has 168 valence electrons. The van der Waals surface area contributed by atoms with Crippen molar-refractivity contribution in [1.29, 1.82) is 0 Å². The van der Waals surface area contributed by atoms with Crippen LogP contribution >= 0.6 is 0 Å². The summed E-state index contributed by atoms with van der Waals surface area (Å²) in [6.45, 7) is 6.84. The quantitative estimate of drug-likeness (QED) is 0.465. The molecule has 31 heavy (non-hydrogen) atoms. The number of allylic oxidation sites excluding steroid dienone is 2. The zero-order valence-corrected chi connectivity index (χ0v) is 19.2. The largest absolute Gasteiger partial charge is 0.469 e. The van der Waals surface area contributed by atoms with E-state index in [0.717, 1.165) is 44.3 Å². The first kappa shape index (κ1) is 20.1. The van der Waals surface area contributed by atoms with Gasteiger partial charge in [0.05, 0.1) is 12.4 Å². The summed E-state index contributed by atoms with van der Waals surface area (Å²) in [4.78, 5) is 12.2.